The second kappa shape index (κ2) is 9.21. The van der Waals surface area contributed by atoms with Crippen LogP contribution in [0, 0.1) is 18.6 Å². The van der Waals surface area contributed by atoms with Gasteiger partial charge in [0.1, 0.15) is 11.6 Å². The van der Waals surface area contributed by atoms with Crippen molar-refractivity contribution in [2.75, 3.05) is 20.6 Å². The maximum absolute atomic E-state index is 13.8. The number of aryl methyl sites for hydroxylation is 1. The lowest BCUT2D eigenvalue weighted by Crippen LogP contribution is -2.37. The molecule has 0 radical (unpaired) electrons. The lowest BCUT2D eigenvalue weighted by atomic mass is 9.95. The van der Waals surface area contributed by atoms with Crippen molar-refractivity contribution in [1.82, 2.24) is 18.9 Å². The van der Waals surface area contributed by atoms with Crippen LogP contribution >= 0.6 is 0 Å². The Kier molecular flexibility index (Phi) is 6.83. The number of hydrogen-bond acceptors (Lipinski definition) is 4. The molecule has 3 rings (SSSR count). The van der Waals surface area contributed by atoms with Crippen molar-refractivity contribution < 1.29 is 22.0 Å². The van der Waals surface area contributed by atoms with Crippen molar-refractivity contribution in [3.8, 4) is 0 Å². The maximum Gasteiger partial charge on any atom is 0.279 e. The molecule has 1 amide bonds. The van der Waals surface area contributed by atoms with Gasteiger partial charge < -0.3 is 4.90 Å². The quantitative estimate of drug-likeness (QED) is 0.684. The summed E-state index contributed by atoms with van der Waals surface area (Å²) < 4.78 is 55.2. The average molecular weight is 451 g/mol. The zero-order valence-corrected chi connectivity index (χ0v) is 18.3. The van der Waals surface area contributed by atoms with E-state index >= 15 is 0 Å². The van der Waals surface area contributed by atoms with Crippen LogP contribution in [0.2, 0.25) is 0 Å². The number of pyridine rings is 1. The number of rotatable bonds is 6. The van der Waals surface area contributed by atoms with Crippen LogP contribution in [0.15, 0.2) is 30.5 Å². The number of fused-ring (bicyclic) bond motifs is 1. The third-order valence-electron chi connectivity index (χ3n) is 5.21. The number of hydrogen-bond donors (Lipinski definition) is 1. The average Bonchev–Trinajstić information content (AvgIpc) is 2.72. The van der Waals surface area contributed by atoms with Crippen LogP contribution in [0.25, 0.3) is 6.08 Å². The minimum Gasteiger partial charge on any atom is -0.334 e. The van der Waals surface area contributed by atoms with Gasteiger partial charge in [0.15, 0.2) is 0 Å². The van der Waals surface area contributed by atoms with Crippen molar-refractivity contribution in [1.29, 1.82) is 0 Å². The van der Waals surface area contributed by atoms with E-state index in [2.05, 4.69) is 9.71 Å². The lowest BCUT2D eigenvalue weighted by molar-refractivity contribution is -0.126. The van der Waals surface area contributed by atoms with Gasteiger partial charge in [-0.1, -0.05) is 6.07 Å². The van der Waals surface area contributed by atoms with Crippen LogP contribution in [0.4, 0.5) is 8.78 Å². The number of nitrogens with one attached hydrogen (secondary N) is 1. The number of benzene rings is 1. The van der Waals surface area contributed by atoms with E-state index in [1.54, 1.807) is 11.1 Å². The first kappa shape index (κ1) is 23.0. The standard InChI is InChI=1S/C21H24F2N4O3S/c1-14-18(12-25-31(29,30)26(2)3)16-9-10-27(13-15(16)11-24-14)21(28)8-7-17-19(22)5-4-6-20(17)23/h4-8,11,25H,9-10,12-13H2,1-3H3/b8-7+. The molecule has 1 aliphatic rings. The zero-order chi connectivity index (χ0) is 22.8. The minimum absolute atomic E-state index is 0.100. The Morgan fingerprint density at radius 2 is 1.97 bits per heavy atom. The minimum atomic E-state index is -3.58. The fraction of sp³-hybridized carbons (Fsp3) is 0.333. The first-order chi connectivity index (χ1) is 14.6. The summed E-state index contributed by atoms with van der Waals surface area (Å²) in [5.41, 5.74) is 3.02. The molecule has 0 aliphatic carbocycles. The van der Waals surface area contributed by atoms with Crippen molar-refractivity contribution in [2.45, 2.75) is 26.4 Å². The summed E-state index contributed by atoms with van der Waals surface area (Å²) in [7, 11) is -0.699. The topological polar surface area (TPSA) is 82.6 Å². The molecule has 166 valence electrons. The molecule has 0 saturated heterocycles. The molecule has 0 atom stereocenters. The Morgan fingerprint density at radius 3 is 2.61 bits per heavy atom. The molecule has 1 aromatic carbocycles. The fourth-order valence-electron chi connectivity index (χ4n) is 3.37. The first-order valence-corrected chi connectivity index (χ1v) is 11.1. The SMILES string of the molecule is Cc1ncc2c(c1CNS(=O)(=O)N(C)C)CCN(C(=O)/C=C/c1c(F)cccc1F)C2. The largest absolute Gasteiger partial charge is 0.334 e. The summed E-state index contributed by atoms with van der Waals surface area (Å²) in [5, 5.41) is 0. The van der Waals surface area contributed by atoms with Crippen LogP contribution in [-0.4, -0.2) is 49.2 Å². The van der Waals surface area contributed by atoms with E-state index in [1.807, 2.05) is 6.92 Å². The van der Waals surface area contributed by atoms with Gasteiger partial charge in [0, 0.05) is 57.3 Å². The summed E-state index contributed by atoms with van der Waals surface area (Å²) >= 11 is 0. The highest BCUT2D eigenvalue weighted by atomic mass is 32.2. The predicted octanol–water partition coefficient (Wildman–Crippen LogP) is 2.16. The van der Waals surface area contributed by atoms with Gasteiger partial charge in [0.05, 0.1) is 0 Å². The van der Waals surface area contributed by atoms with Gasteiger partial charge in [-0.2, -0.15) is 17.4 Å². The molecular weight excluding hydrogens is 426 g/mol. The van der Waals surface area contributed by atoms with Gasteiger partial charge >= 0.3 is 0 Å². The van der Waals surface area contributed by atoms with Gasteiger partial charge in [0.25, 0.3) is 10.2 Å². The van der Waals surface area contributed by atoms with Crippen LogP contribution < -0.4 is 4.72 Å². The van der Waals surface area contributed by atoms with E-state index in [0.29, 0.717) is 13.0 Å². The van der Waals surface area contributed by atoms with E-state index in [9.17, 15) is 22.0 Å². The Morgan fingerprint density at radius 1 is 1.29 bits per heavy atom. The molecule has 0 saturated carbocycles. The number of aromatic nitrogens is 1. The summed E-state index contributed by atoms with van der Waals surface area (Å²) in [5.74, 6) is -1.85. The monoisotopic (exact) mass is 450 g/mol. The molecular formula is C21H24F2N4O3S. The normalized spacial score (nSPS) is 14.3. The molecule has 0 unspecified atom stereocenters. The van der Waals surface area contributed by atoms with Crippen LogP contribution in [0.3, 0.4) is 0 Å². The van der Waals surface area contributed by atoms with Crippen molar-refractivity contribution in [3.63, 3.8) is 0 Å². The number of halogens is 2. The highest BCUT2D eigenvalue weighted by Gasteiger charge is 2.24. The van der Waals surface area contributed by atoms with Crippen LogP contribution in [0.1, 0.15) is 27.9 Å². The molecule has 7 nitrogen and oxygen atoms in total. The van der Waals surface area contributed by atoms with Crippen molar-refractivity contribution in [2.24, 2.45) is 0 Å². The summed E-state index contributed by atoms with van der Waals surface area (Å²) in [6.07, 6.45) is 4.48. The summed E-state index contributed by atoms with van der Waals surface area (Å²) in [4.78, 5) is 18.5. The predicted molar refractivity (Wildman–Crippen MR) is 113 cm³/mol. The second-order valence-electron chi connectivity index (χ2n) is 7.41. The van der Waals surface area contributed by atoms with Crippen molar-refractivity contribution >= 4 is 22.2 Å². The third kappa shape index (κ3) is 5.15. The highest BCUT2D eigenvalue weighted by molar-refractivity contribution is 7.87. The molecule has 2 heterocycles. The van der Waals surface area contributed by atoms with E-state index in [-0.39, 0.29) is 24.6 Å². The van der Waals surface area contributed by atoms with Gasteiger partial charge in [-0.05, 0) is 48.2 Å². The Bertz CT molecular complexity index is 1110. The molecule has 1 aromatic heterocycles. The zero-order valence-electron chi connectivity index (χ0n) is 17.5. The molecule has 2 aromatic rings. The van der Waals surface area contributed by atoms with Gasteiger partial charge in [-0.3, -0.25) is 9.78 Å². The van der Waals surface area contributed by atoms with Crippen LogP contribution in [0.5, 0.6) is 0 Å². The van der Waals surface area contributed by atoms with Gasteiger partial charge in [-0.15, -0.1) is 0 Å². The molecule has 0 bridgehead atoms. The van der Waals surface area contributed by atoms with Crippen LogP contribution in [-0.2, 0) is 34.5 Å². The number of nitrogens with zero attached hydrogens (tertiary/aromatic N) is 3. The maximum atomic E-state index is 13.8. The smallest absolute Gasteiger partial charge is 0.279 e. The van der Waals surface area contributed by atoms with E-state index in [4.69, 9.17) is 0 Å². The number of carbonyl (C=O) groups excluding carboxylic acids is 1. The molecule has 1 N–H and O–H groups in total. The highest BCUT2D eigenvalue weighted by Crippen LogP contribution is 2.24. The fourth-order valence-corrected chi connectivity index (χ4v) is 3.95. The van der Waals surface area contributed by atoms with E-state index < -0.39 is 21.8 Å². The molecule has 0 fully saturated rings. The number of carbonyl (C=O) groups is 1. The molecule has 0 spiro atoms. The molecule has 10 heteroatoms. The Hall–Kier alpha value is -2.69. The van der Waals surface area contributed by atoms with Gasteiger partial charge in [0.2, 0.25) is 5.91 Å². The first-order valence-electron chi connectivity index (χ1n) is 9.64. The Balaban J connectivity index is 1.76. The molecule has 31 heavy (non-hydrogen) atoms. The van der Waals surface area contributed by atoms with E-state index in [0.717, 1.165) is 51.0 Å². The molecule has 1 aliphatic heterocycles. The van der Waals surface area contributed by atoms with Gasteiger partial charge in [-0.25, -0.2) is 8.78 Å². The number of amides is 1. The van der Waals surface area contributed by atoms with Crippen molar-refractivity contribution in [3.05, 3.63) is 70.1 Å². The summed E-state index contributed by atoms with van der Waals surface area (Å²) in [6, 6.07) is 3.52. The third-order valence-corrected chi connectivity index (χ3v) is 6.68. The Labute approximate surface area is 180 Å². The second-order valence-corrected chi connectivity index (χ2v) is 9.38. The summed E-state index contributed by atoms with van der Waals surface area (Å²) in [6.45, 7) is 2.58. The lowest BCUT2D eigenvalue weighted by Gasteiger charge is -2.30. The van der Waals surface area contributed by atoms with E-state index in [1.165, 1.54) is 20.2 Å².